The molecule has 1 amide bonds. The van der Waals surface area contributed by atoms with Crippen LogP contribution < -0.4 is 5.73 Å². The zero-order valence-electron chi connectivity index (χ0n) is 9.88. The van der Waals surface area contributed by atoms with E-state index in [2.05, 4.69) is 15.9 Å². The summed E-state index contributed by atoms with van der Waals surface area (Å²) in [5.74, 6) is -0.411. The molecule has 1 aromatic carbocycles. The first-order chi connectivity index (χ1) is 8.79. The molecule has 0 aliphatic carbocycles. The molecule has 1 heterocycles. The molecule has 19 heavy (non-hydrogen) atoms. The van der Waals surface area contributed by atoms with Gasteiger partial charge in [-0.05, 0) is 24.6 Å². The second-order valence-electron chi connectivity index (χ2n) is 4.49. The zero-order valence-corrected chi connectivity index (χ0v) is 11.5. The minimum atomic E-state index is -4.49. The number of carbonyl (C=O) groups is 1. The van der Waals surface area contributed by atoms with Crippen molar-refractivity contribution in [3.8, 4) is 0 Å². The van der Waals surface area contributed by atoms with E-state index >= 15 is 0 Å². The number of benzene rings is 1. The second-order valence-corrected chi connectivity index (χ2v) is 5.35. The molecule has 0 spiro atoms. The van der Waals surface area contributed by atoms with Crippen LogP contribution in [0.3, 0.4) is 0 Å². The van der Waals surface area contributed by atoms with Crippen molar-refractivity contribution in [2.24, 2.45) is 5.73 Å². The molecule has 1 aromatic rings. The van der Waals surface area contributed by atoms with Crippen LogP contribution in [0.1, 0.15) is 22.3 Å². The van der Waals surface area contributed by atoms with Crippen molar-refractivity contribution in [1.29, 1.82) is 0 Å². The van der Waals surface area contributed by atoms with E-state index < -0.39 is 17.6 Å². The lowest BCUT2D eigenvalue weighted by Gasteiger charge is -2.17. The molecular weight excluding hydrogens is 325 g/mol. The molecule has 0 bridgehead atoms. The predicted molar refractivity (Wildman–Crippen MR) is 67.6 cm³/mol. The maximum Gasteiger partial charge on any atom is 0.417 e. The quantitative estimate of drug-likeness (QED) is 0.856. The average molecular weight is 337 g/mol. The zero-order chi connectivity index (χ0) is 14.2. The molecule has 3 nitrogen and oxygen atoms in total. The van der Waals surface area contributed by atoms with Crippen molar-refractivity contribution in [1.82, 2.24) is 4.90 Å². The highest BCUT2D eigenvalue weighted by Crippen LogP contribution is 2.35. The minimum Gasteiger partial charge on any atom is -0.337 e. The van der Waals surface area contributed by atoms with Gasteiger partial charge >= 0.3 is 6.18 Å². The molecule has 0 saturated carbocycles. The summed E-state index contributed by atoms with van der Waals surface area (Å²) in [4.78, 5) is 13.6. The number of carbonyl (C=O) groups excluding carboxylic acids is 1. The third-order valence-electron chi connectivity index (χ3n) is 3.03. The van der Waals surface area contributed by atoms with Gasteiger partial charge < -0.3 is 10.6 Å². The van der Waals surface area contributed by atoms with Crippen LogP contribution in [0.4, 0.5) is 13.2 Å². The fraction of sp³-hybridized carbons (Fsp3) is 0.417. The SMILES string of the molecule is N[C@H]1CCN(C(=O)c2ccc(Br)c(C(F)(F)F)c2)C1. The Kier molecular flexibility index (Phi) is 3.87. The smallest absolute Gasteiger partial charge is 0.337 e. The Bertz CT molecular complexity index is 504. The Morgan fingerprint density at radius 2 is 2.11 bits per heavy atom. The summed E-state index contributed by atoms with van der Waals surface area (Å²) in [6.07, 6.45) is -3.81. The Morgan fingerprint density at radius 3 is 2.63 bits per heavy atom. The van der Waals surface area contributed by atoms with Crippen molar-refractivity contribution in [2.75, 3.05) is 13.1 Å². The molecule has 104 valence electrons. The number of rotatable bonds is 1. The van der Waals surface area contributed by atoms with E-state index in [0.29, 0.717) is 19.5 Å². The van der Waals surface area contributed by atoms with Gasteiger partial charge in [-0.1, -0.05) is 15.9 Å². The standard InChI is InChI=1S/C12H12BrF3N2O/c13-10-2-1-7(5-9(10)12(14,15)16)11(19)18-4-3-8(17)6-18/h1-2,5,8H,3-4,6,17H2/t8-/m0/s1. The third kappa shape index (κ3) is 3.09. The molecule has 0 unspecified atom stereocenters. The largest absolute Gasteiger partial charge is 0.417 e. The van der Waals surface area contributed by atoms with Gasteiger partial charge in [0.05, 0.1) is 5.56 Å². The van der Waals surface area contributed by atoms with Gasteiger partial charge in [-0.15, -0.1) is 0 Å². The monoisotopic (exact) mass is 336 g/mol. The van der Waals surface area contributed by atoms with E-state index in [-0.39, 0.29) is 16.1 Å². The average Bonchev–Trinajstić information content (AvgIpc) is 2.74. The molecule has 2 N–H and O–H groups in total. The highest BCUT2D eigenvalue weighted by atomic mass is 79.9. The van der Waals surface area contributed by atoms with E-state index in [1.165, 1.54) is 17.0 Å². The Hall–Kier alpha value is -1.08. The van der Waals surface area contributed by atoms with Crippen molar-refractivity contribution in [3.63, 3.8) is 0 Å². The number of nitrogens with zero attached hydrogens (tertiary/aromatic N) is 1. The van der Waals surface area contributed by atoms with E-state index in [9.17, 15) is 18.0 Å². The maximum absolute atomic E-state index is 12.8. The van der Waals surface area contributed by atoms with Crippen LogP contribution >= 0.6 is 15.9 Å². The van der Waals surface area contributed by atoms with E-state index in [0.717, 1.165) is 6.07 Å². The number of nitrogens with two attached hydrogens (primary N) is 1. The summed E-state index contributed by atoms with van der Waals surface area (Å²) in [6, 6.07) is 3.40. The second kappa shape index (κ2) is 5.13. The first kappa shape index (κ1) is 14.3. The van der Waals surface area contributed by atoms with E-state index in [1.54, 1.807) is 0 Å². The van der Waals surface area contributed by atoms with Crippen LogP contribution in [0.25, 0.3) is 0 Å². The normalized spacial score (nSPS) is 19.8. The molecule has 1 fully saturated rings. The molecule has 0 radical (unpaired) electrons. The summed E-state index contributed by atoms with van der Waals surface area (Å²) in [6.45, 7) is 0.869. The van der Waals surface area contributed by atoms with Gasteiger partial charge in [0.1, 0.15) is 0 Å². The predicted octanol–water partition coefficient (Wildman–Crippen LogP) is 2.64. The first-order valence-corrected chi connectivity index (χ1v) is 6.50. The molecule has 1 saturated heterocycles. The third-order valence-corrected chi connectivity index (χ3v) is 3.72. The van der Waals surface area contributed by atoms with Gasteiger partial charge in [-0.2, -0.15) is 13.2 Å². The van der Waals surface area contributed by atoms with E-state index in [1.807, 2.05) is 0 Å². The van der Waals surface area contributed by atoms with Crippen LogP contribution in [0, 0.1) is 0 Å². The van der Waals surface area contributed by atoms with E-state index in [4.69, 9.17) is 5.73 Å². The van der Waals surface area contributed by atoms with Crippen LogP contribution in [-0.2, 0) is 6.18 Å². The first-order valence-electron chi connectivity index (χ1n) is 5.70. The number of amides is 1. The minimum absolute atomic E-state index is 0.0321. The van der Waals surface area contributed by atoms with Crippen LogP contribution in [0.15, 0.2) is 22.7 Å². The van der Waals surface area contributed by atoms with Crippen molar-refractivity contribution in [3.05, 3.63) is 33.8 Å². The molecular formula is C12H12BrF3N2O. The Labute approximate surface area is 116 Å². The fourth-order valence-corrected chi connectivity index (χ4v) is 2.50. The number of likely N-dealkylation sites (tertiary alicyclic amines) is 1. The molecule has 1 aliphatic heterocycles. The number of alkyl halides is 3. The summed E-state index contributed by atoms with van der Waals surface area (Å²) in [7, 11) is 0. The van der Waals surface area contributed by atoms with Crippen molar-refractivity contribution >= 4 is 21.8 Å². The summed E-state index contributed by atoms with van der Waals surface area (Å²) in [5.41, 5.74) is 4.87. The van der Waals surface area contributed by atoms with Crippen LogP contribution in [-0.4, -0.2) is 29.9 Å². The molecule has 2 rings (SSSR count). The Morgan fingerprint density at radius 1 is 1.42 bits per heavy atom. The summed E-state index contributed by atoms with van der Waals surface area (Å²) >= 11 is 2.84. The van der Waals surface area contributed by atoms with Crippen molar-refractivity contribution in [2.45, 2.75) is 18.6 Å². The van der Waals surface area contributed by atoms with Gasteiger partial charge in [0.25, 0.3) is 5.91 Å². The topological polar surface area (TPSA) is 46.3 Å². The number of hydrogen-bond donors (Lipinski definition) is 1. The highest BCUT2D eigenvalue weighted by molar-refractivity contribution is 9.10. The highest BCUT2D eigenvalue weighted by Gasteiger charge is 2.34. The summed E-state index contributed by atoms with van der Waals surface area (Å²) < 4.78 is 38.2. The summed E-state index contributed by atoms with van der Waals surface area (Å²) in [5, 5.41) is 0. The lowest BCUT2D eigenvalue weighted by molar-refractivity contribution is -0.138. The maximum atomic E-state index is 12.8. The number of hydrogen-bond acceptors (Lipinski definition) is 2. The van der Waals surface area contributed by atoms with Crippen LogP contribution in [0.5, 0.6) is 0 Å². The molecule has 7 heteroatoms. The number of halogens is 4. The molecule has 0 aromatic heterocycles. The van der Waals surface area contributed by atoms with Gasteiger partial charge in [-0.3, -0.25) is 4.79 Å². The lowest BCUT2D eigenvalue weighted by Crippen LogP contribution is -2.32. The fourth-order valence-electron chi connectivity index (χ4n) is 2.03. The van der Waals surface area contributed by atoms with Crippen molar-refractivity contribution < 1.29 is 18.0 Å². The lowest BCUT2D eigenvalue weighted by atomic mass is 10.1. The van der Waals surface area contributed by atoms with Gasteiger partial charge in [0.15, 0.2) is 0 Å². The van der Waals surface area contributed by atoms with Gasteiger partial charge in [0, 0.05) is 29.2 Å². The molecule has 1 aliphatic rings. The van der Waals surface area contributed by atoms with Gasteiger partial charge in [0.2, 0.25) is 0 Å². The van der Waals surface area contributed by atoms with Crippen LogP contribution in [0.2, 0.25) is 0 Å². The van der Waals surface area contributed by atoms with Gasteiger partial charge in [-0.25, -0.2) is 0 Å². The Balaban J connectivity index is 2.28. The molecule has 1 atom stereocenters.